The molecule has 1 amide bonds. The molecule has 1 aliphatic rings. The second kappa shape index (κ2) is 5.60. The first-order chi connectivity index (χ1) is 9.76. The molecule has 0 saturated carbocycles. The molecular formula is C14H14N2O3S. The van der Waals surface area contributed by atoms with Gasteiger partial charge in [-0.05, 0) is 18.2 Å². The van der Waals surface area contributed by atoms with Crippen LogP contribution in [0.15, 0.2) is 23.6 Å². The average molecular weight is 290 g/mol. The lowest BCUT2D eigenvalue weighted by Crippen LogP contribution is -2.25. The number of carbonyl (C=O) groups excluding carboxylic acids is 1. The van der Waals surface area contributed by atoms with Crippen molar-refractivity contribution in [2.75, 3.05) is 25.6 Å². The first kappa shape index (κ1) is 13.1. The van der Waals surface area contributed by atoms with Gasteiger partial charge in [0.15, 0.2) is 6.61 Å². The Balaban J connectivity index is 1.85. The smallest absolute Gasteiger partial charge is 0.262 e. The fourth-order valence-electron chi connectivity index (χ4n) is 1.99. The summed E-state index contributed by atoms with van der Waals surface area (Å²) in [4.78, 5) is 15.9. The number of methoxy groups -OCH3 is 1. The van der Waals surface area contributed by atoms with Gasteiger partial charge in [0, 0.05) is 24.5 Å². The van der Waals surface area contributed by atoms with E-state index >= 15 is 0 Å². The van der Waals surface area contributed by atoms with Gasteiger partial charge in [-0.25, -0.2) is 4.98 Å². The number of hydrogen-bond acceptors (Lipinski definition) is 5. The molecule has 0 spiro atoms. The highest BCUT2D eigenvalue weighted by Crippen LogP contribution is 2.33. The van der Waals surface area contributed by atoms with E-state index in [1.807, 2.05) is 23.6 Å². The largest absolute Gasteiger partial charge is 0.482 e. The van der Waals surface area contributed by atoms with Crippen molar-refractivity contribution in [2.24, 2.45) is 0 Å². The molecule has 2 heterocycles. The number of anilines is 1. The van der Waals surface area contributed by atoms with Crippen molar-refractivity contribution in [2.45, 2.75) is 6.42 Å². The summed E-state index contributed by atoms with van der Waals surface area (Å²) < 4.78 is 10.4. The highest BCUT2D eigenvalue weighted by atomic mass is 32.1. The average Bonchev–Trinajstić information content (AvgIpc) is 2.93. The van der Waals surface area contributed by atoms with Gasteiger partial charge in [-0.15, -0.1) is 11.3 Å². The lowest BCUT2D eigenvalue weighted by atomic mass is 10.1. The number of nitrogens with one attached hydrogen (secondary N) is 1. The maximum atomic E-state index is 11.3. The molecule has 1 aliphatic heterocycles. The van der Waals surface area contributed by atoms with Gasteiger partial charge in [-0.1, -0.05) is 0 Å². The quantitative estimate of drug-likeness (QED) is 0.939. The van der Waals surface area contributed by atoms with Gasteiger partial charge in [-0.2, -0.15) is 0 Å². The Morgan fingerprint density at radius 1 is 1.50 bits per heavy atom. The van der Waals surface area contributed by atoms with Crippen LogP contribution in [-0.2, 0) is 16.0 Å². The summed E-state index contributed by atoms with van der Waals surface area (Å²) in [5.41, 5.74) is 2.57. The maximum absolute atomic E-state index is 11.3. The highest BCUT2D eigenvalue weighted by Gasteiger charge is 2.16. The van der Waals surface area contributed by atoms with Crippen LogP contribution < -0.4 is 10.1 Å². The van der Waals surface area contributed by atoms with Crippen molar-refractivity contribution in [1.82, 2.24) is 4.98 Å². The topological polar surface area (TPSA) is 60.5 Å². The van der Waals surface area contributed by atoms with Crippen molar-refractivity contribution in [3.63, 3.8) is 0 Å². The Morgan fingerprint density at radius 2 is 2.40 bits per heavy atom. The molecule has 3 rings (SSSR count). The van der Waals surface area contributed by atoms with Crippen LogP contribution in [0.5, 0.6) is 5.75 Å². The zero-order valence-electron chi connectivity index (χ0n) is 11.0. The molecule has 20 heavy (non-hydrogen) atoms. The minimum atomic E-state index is -0.131. The van der Waals surface area contributed by atoms with E-state index in [1.165, 1.54) is 0 Å². The minimum absolute atomic E-state index is 0.0736. The number of benzene rings is 1. The van der Waals surface area contributed by atoms with E-state index in [0.717, 1.165) is 22.7 Å². The van der Waals surface area contributed by atoms with Crippen LogP contribution in [0, 0.1) is 0 Å². The molecule has 0 aliphatic carbocycles. The van der Waals surface area contributed by atoms with E-state index in [2.05, 4.69) is 10.3 Å². The lowest BCUT2D eigenvalue weighted by molar-refractivity contribution is -0.118. The Labute approximate surface area is 120 Å². The summed E-state index contributed by atoms with van der Waals surface area (Å²) in [6, 6.07) is 5.70. The standard InChI is InChI=1S/C14H14N2O3S/c1-18-5-4-14-16-11(8-20-14)9-2-3-12-10(6-9)15-13(17)7-19-12/h2-3,6,8H,4-5,7H2,1H3,(H,15,17). The van der Waals surface area contributed by atoms with Crippen LogP contribution in [0.25, 0.3) is 11.3 Å². The Bertz CT molecular complexity index is 639. The van der Waals surface area contributed by atoms with Gasteiger partial charge < -0.3 is 14.8 Å². The van der Waals surface area contributed by atoms with Crippen molar-refractivity contribution in [3.8, 4) is 17.0 Å². The van der Waals surface area contributed by atoms with E-state index in [-0.39, 0.29) is 12.5 Å². The van der Waals surface area contributed by atoms with Gasteiger partial charge in [0.05, 0.1) is 23.0 Å². The summed E-state index contributed by atoms with van der Waals surface area (Å²) in [5.74, 6) is 0.567. The molecule has 2 aromatic rings. The van der Waals surface area contributed by atoms with E-state index in [0.29, 0.717) is 18.0 Å². The Kier molecular flexibility index (Phi) is 3.66. The summed E-state index contributed by atoms with van der Waals surface area (Å²) in [6.07, 6.45) is 0.811. The van der Waals surface area contributed by atoms with Gasteiger partial charge >= 0.3 is 0 Å². The number of ether oxygens (including phenoxy) is 2. The molecule has 1 aromatic heterocycles. The third-order valence-corrected chi connectivity index (χ3v) is 3.89. The van der Waals surface area contributed by atoms with E-state index < -0.39 is 0 Å². The number of carbonyl (C=O) groups is 1. The number of rotatable bonds is 4. The Hall–Kier alpha value is -1.92. The molecule has 0 saturated heterocycles. The number of amides is 1. The lowest BCUT2D eigenvalue weighted by Gasteiger charge is -2.18. The first-order valence-corrected chi connectivity index (χ1v) is 7.14. The Morgan fingerprint density at radius 3 is 3.25 bits per heavy atom. The van der Waals surface area contributed by atoms with Crippen LogP contribution in [0.1, 0.15) is 5.01 Å². The van der Waals surface area contributed by atoms with Crippen molar-refractivity contribution in [1.29, 1.82) is 0 Å². The molecule has 104 valence electrons. The molecule has 0 unspecified atom stereocenters. The minimum Gasteiger partial charge on any atom is -0.482 e. The zero-order chi connectivity index (χ0) is 13.9. The fourth-order valence-corrected chi connectivity index (χ4v) is 2.78. The summed E-state index contributed by atoms with van der Waals surface area (Å²) in [7, 11) is 1.68. The number of hydrogen-bond donors (Lipinski definition) is 1. The normalized spacial score (nSPS) is 13.6. The second-order valence-corrected chi connectivity index (χ2v) is 5.36. The molecule has 1 N–H and O–H groups in total. The van der Waals surface area contributed by atoms with Crippen molar-refractivity contribution in [3.05, 3.63) is 28.6 Å². The van der Waals surface area contributed by atoms with Crippen LogP contribution >= 0.6 is 11.3 Å². The van der Waals surface area contributed by atoms with Gasteiger partial charge in [0.25, 0.3) is 5.91 Å². The highest BCUT2D eigenvalue weighted by molar-refractivity contribution is 7.09. The van der Waals surface area contributed by atoms with E-state index in [1.54, 1.807) is 18.4 Å². The molecule has 0 bridgehead atoms. The summed E-state index contributed by atoms with van der Waals surface area (Å²) in [6.45, 7) is 0.741. The SMILES string of the molecule is COCCc1nc(-c2ccc3c(c2)NC(=O)CO3)cs1. The predicted molar refractivity (Wildman–Crippen MR) is 77.3 cm³/mol. The monoisotopic (exact) mass is 290 g/mol. The maximum Gasteiger partial charge on any atom is 0.262 e. The molecule has 0 atom stereocenters. The number of nitrogens with zero attached hydrogens (tertiary/aromatic N) is 1. The zero-order valence-corrected chi connectivity index (χ0v) is 11.8. The third kappa shape index (κ3) is 2.66. The fraction of sp³-hybridized carbons (Fsp3) is 0.286. The molecule has 0 radical (unpaired) electrons. The van der Waals surface area contributed by atoms with Crippen LogP contribution in [0.3, 0.4) is 0 Å². The summed E-state index contributed by atoms with van der Waals surface area (Å²) >= 11 is 1.61. The predicted octanol–water partition coefficient (Wildman–Crippen LogP) is 2.33. The van der Waals surface area contributed by atoms with E-state index in [9.17, 15) is 4.79 Å². The van der Waals surface area contributed by atoms with Crippen molar-refractivity contribution < 1.29 is 14.3 Å². The van der Waals surface area contributed by atoms with Gasteiger partial charge in [0.1, 0.15) is 5.75 Å². The van der Waals surface area contributed by atoms with Crippen LogP contribution in [-0.4, -0.2) is 31.2 Å². The van der Waals surface area contributed by atoms with Crippen molar-refractivity contribution >= 4 is 22.9 Å². The molecule has 1 aromatic carbocycles. The second-order valence-electron chi connectivity index (χ2n) is 4.42. The molecular weight excluding hydrogens is 276 g/mol. The molecule has 0 fully saturated rings. The van der Waals surface area contributed by atoms with Gasteiger partial charge in [0.2, 0.25) is 0 Å². The third-order valence-electron chi connectivity index (χ3n) is 2.98. The van der Waals surface area contributed by atoms with Crippen LogP contribution in [0.2, 0.25) is 0 Å². The number of aromatic nitrogens is 1. The molecule has 6 heteroatoms. The first-order valence-electron chi connectivity index (χ1n) is 6.26. The number of fused-ring (bicyclic) bond motifs is 1. The van der Waals surface area contributed by atoms with Crippen LogP contribution in [0.4, 0.5) is 5.69 Å². The van der Waals surface area contributed by atoms with Gasteiger partial charge in [-0.3, -0.25) is 4.79 Å². The number of thiazole rings is 1. The van der Waals surface area contributed by atoms with E-state index in [4.69, 9.17) is 9.47 Å². The summed E-state index contributed by atoms with van der Waals surface area (Å²) in [5, 5.41) is 5.86. The molecule has 5 nitrogen and oxygen atoms in total.